The smallest absolute Gasteiger partial charge is 0.180 e. The maximum atomic E-state index is 4.58. The topological polar surface area (TPSA) is 72.1 Å². The number of hydrogen-bond donors (Lipinski definition) is 2. The lowest BCUT2D eigenvalue weighted by molar-refractivity contribution is 0.768. The van der Waals surface area contributed by atoms with Crippen LogP contribution in [0.3, 0.4) is 0 Å². The monoisotopic (exact) mass is 381 g/mol. The first kappa shape index (κ1) is 17.0. The molecule has 142 valence electrons. The Labute approximate surface area is 167 Å². The fourth-order valence-electron chi connectivity index (χ4n) is 3.27. The van der Waals surface area contributed by atoms with Gasteiger partial charge >= 0.3 is 0 Å². The van der Waals surface area contributed by atoms with E-state index >= 15 is 0 Å². The summed E-state index contributed by atoms with van der Waals surface area (Å²) in [5.74, 6) is 0.694. The summed E-state index contributed by atoms with van der Waals surface area (Å²) >= 11 is 0. The molecule has 3 aromatic heterocycles. The summed E-state index contributed by atoms with van der Waals surface area (Å²) in [5, 5.41) is 11.0. The highest BCUT2D eigenvalue weighted by molar-refractivity contribution is 5.75. The Bertz CT molecular complexity index is 1270. The lowest BCUT2D eigenvalue weighted by Gasteiger charge is -2.10. The fourth-order valence-corrected chi connectivity index (χ4v) is 3.27. The average molecular weight is 381 g/mol. The van der Waals surface area contributed by atoms with Crippen LogP contribution in [-0.4, -0.2) is 24.1 Å². The van der Waals surface area contributed by atoms with Crippen LogP contribution in [0.2, 0.25) is 0 Å². The molecule has 29 heavy (non-hydrogen) atoms. The van der Waals surface area contributed by atoms with Crippen molar-refractivity contribution >= 4 is 28.5 Å². The van der Waals surface area contributed by atoms with Gasteiger partial charge in [0.25, 0.3) is 0 Å². The number of para-hydroxylation sites is 1. The van der Waals surface area contributed by atoms with Crippen molar-refractivity contribution in [1.29, 1.82) is 0 Å². The van der Waals surface area contributed by atoms with E-state index in [1.54, 1.807) is 10.9 Å². The van der Waals surface area contributed by atoms with Crippen LogP contribution in [0.4, 0.5) is 22.9 Å². The van der Waals surface area contributed by atoms with E-state index in [1.807, 2.05) is 90.8 Å². The molecule has 3 heterocycles. The van der Waals surface area contributed by atoms with Gasteiger partial charge in [-0.25, -0.2) is 9.97 Å². The van der Waals surface area contributed by atoms with Gasteiger partial charge in [0.05, 0.1) is 18.1 Å². The van der Waals surface area contributed by atoms with Gasteiger partial charge in [-0.15, -0.1) is 0 Å². The summed E-state index contributed by atoms with van der Waals surface area (Å²) in [6, 6.07) is 18.2. The third kappa shape index (κ3) is 3.41. The first-order valence-electron chi connectivity index (χ1n) is 9.26. The Balaban J connectivity index is 1.45. The molecule has 0 spiro atoms. The standard InChI is InChI=1S/C22H19N7/c1-28-15-16(13-25-28)20-14-24-22-21(23-10-11-29(20)22)27-19-9-5-8-18(12-19)26-17-6-3-2-4-7-17/h2-15,26H,1H3,(H,23,27). The fraction of sp³-hybridized carbons (Fsp3) is 0.0455. The van der Waals surface area contributed by atoms with Crippen molar-refractivity contribution in [1.82, 2.24) is 24.1 Å². The zero-order chi connectivity index (χ0) is 19.6. The number of nitrogens with one attached hydrogen (secondary N) is 2. The van der Waals surface area contributed by atoms with Crippen LogP contribution in [-0.2, 0) is 7.05 Å². The predicted octanol–water partition coefficient (Wildman–Crippen LogP) is 4.62. The lowest BCUT2D eigenvalue weighted by atomic mass is 10.2. The first-order chi connectivity index (χ1) is 14.3. The maximum Gasteiger partial charge on any atom is 0.180 e. The lowest BCUT2D eigenvalue weighted by Crippen LogP contribution is -1.99. The van der Waals surface area contributed by atoms with Gasteiger partial charge in [-0.3, -0.25) is 9.08 Å². The van der Waals surface area contributed by atoms with Gasteiger partial charge in [0.2, 0.25) is 0 Å². The average Bonchev–Trinajstić information content (AvgIpc) is 3.36. The summed E-state index contributed by atoms with van der Waals surface area (Å²) in [6.45, 7) is 0. The number of rotatable bonds is 5. The minimum Gasteiger partial charge on any atom is -0.355 e. The number of aryl methyl sites for hydroxylation is 1. The molecule has 0 saturated carbocycles. The molecule has 5 rings (SSSR count). The van der Waals surface area contributed by atoms with Gasteiger partial charge in [-0.05, 0) is 30.3 Å². The van der Waals surface area contributed by atoms with Crippen molar-refractivity contribution in [3.8, 4) is 11.3 Å². The van der Waals surface area contributed by atoms with Crippen LogP contribution in [0.5, 0.6) is 0 Å². The number of imidazole rings is 1. The summed E-state index contributed by atoms with van der Waals surface area (Å²) in [6.07, 6.45) is 9.31. The molecule has 0 atom stereocenters. The second-order valence-corrected chi connectivity index (χ2v) is 6.71. The largest absolute Gasteiger partial charge is 0.355 e. The van der Waals surface area contributed by atoms with Gasteiger partial charge < -0.3 is 10.6 Å². The van der Waals surface area contributed by atoms with Crippen LogP contribution in [0.15, 0.2) is 85.6 Å². The Hall–Kier alpha value is -4.13. The molecule has 0 aliphatic heterocycles. The SMILES string of the molecule is Cn1cc(-c2cnc3c(Nc4cccc(Nc5ccccc5)c4)nccn23)cn1. The molecule has 0 amide bonds. The van der Waals surface area contributed by atoms with E-state index in [-0.39, 0.29) is 0 Å². The quantitative estimate of drug-likeness (QED) is 0.465. The van der Waals surface area contributed by atoms with Gasteiger partial charge in [0.15, 0.2) is 11.5 Å². The normalized spacial score (nSPS) is 10.9. The molecule has 0 saturated heterocycles. The highest BCUT2D eigenvalue weighted by Crippen LogP contribution is 2.26. The molecule has 5 aromatic rings. The Kier molecular flexibility index (Phi) is 4.18. The van der Waals surface area contributed by atoms with Crippen LogP contribution in [0.1, 0.15) is 0 Å². The first-order valence-corrected chi connectivity index (χ1v) is 9.26. The van der Waals surface area contributed by atoms with E-state index in [0.29, 0.717) is 5.82 Å². The van der Waals surface area contributed by atoms with Crippen molar-refractivity contribution in [2.75, 3.05) is 10.6 Å². The molecule has 7 heteroatoms. The number of hydrogen-bond acceptors (Lipinski definition) is 5. The number of anilines is 4. The highest BCUT2D eigenvalue weighted by atomic mass is 15.2. The molecule has 0 fully saturated rings. The van der Waals surface area contributed by atoms with Crippen LogP contribution in [0, 0.1) is 0 Å². The third-order valence-corrected chi connectivity index (χ3v) is 4.62. The van der Waals surface area contributed by atoms with Crippen molar-refractivity contribution in [3.63, 3.8) is 0 Å². The summed E-state index contributed by atoms with van der Waals surface area (Å²) in [7, 11) is 1.90. The van der Waals surface area contributed by atoms with E-state index in [2.05, 4.69) is 25.7 Å². The number of aromatic nitrogens is 5. The Morgan fingerprint density at radius 3 is 2.41 bits per heavy atom. The molecule has 2 N–H and O–H groups in total. The van der Waals surface area contributed by atoms with Gasteiger partial charge in [-0.2, -0.15) is 5.10 Å². The second-order valence-electron chi connectivity index (χ2n) is 6.71. The minimum atomic E-state index is 0.694. The Morgan fingerprint density at radius 1 is 0.828 bits per heavy atom. The van der Waals surface area contributed by atoms with Crippen molar-refractivity contribution in [2.24, 2.45) is 7.05 Å². The molecule has 0 radical (unpaired) electrons. The molecule has 2 aromatic carbocycles. The van der Waals surface area contributed by atoms with E-state index in [4.69, 9.17) is 0 Å². The molecule has 0 unspecified atom stereocenters. The van der Waals surface area contributed by atoms with E-state index in [1.165, 1.54) is 0 Å². The maximum absolute atomic E-state index is 4.58. The van der Waals surface area contributed by atoms with Crippen LogP contribution >= 0.6 is 0 Å². The molecule has 7 nitrogen and oxygen atoms in total. The number of fused-ring (bicyclic) bond motifs is 1. The molecule has 0 aliphatic rings. The third-order valence-electron chi connectivity index (χ3n) is 4.62. The zero-order valence-electron chi connectivity index (χ0n) is 15.8. The predicted molar refractivity (Wildman–Crippen MR) is 115 cm³/mol. The number of nitrogens with zero attached hydrogens (tertiary/aromatic N) is 5. The van der Waals surface area contributed by atoms with Crippen molar-refractivity contribution < 1.29 is 0 Å². The van der Waals surface area contributed by atoms with Crippen LogP contribution < -0.4 is 10.6 Å². The van der Waals surface area contributed by atoms with E-state index < -0.39 is 0 Å². The molecule has 0 aliphatic carbocycles. The Morgan fingerprint density at radius 2 is 1.62 bits per heavy atom. The minimum absolute atomic E-state index is 0.694. The van der Waals surface area contributed by atoms with Gasteiger partial charge in [0, 0.05) is 48.3 Å². The summed E-state index contributed by atoms with van der Waals surface area (Å²) in [5.41, 5.74) is 5.70. The molecular formula is C22H19N7. The molecule has 0 bridgehead atoms. The van der Waals surface area contributed by atoms with Crippen molar-refractivity contribution in [3.05, 3.63) is 85.6 Å². The number of benzene rings is 2. The van der Waals surface area contributed by atoms with E-state index in [0.717, 1.165) is 34.0 Å². The van der Waals surface area contributed by atoms with E-state index in [9.17, 15) is 0 Å². The second kappa shape index (κ2) is 7.12. The van der Waals surface area contributed by atoms with Gasteiger partial charge in [-0.1, -0.05) is 24.3 Å². The van der Waals surface area contributed by atoms with Gasteiger partial charge in [0.1, 0.15) is 0 Å². The van der Waals surface area contributed by atoms with Crippen molar-refractivity contribution in [2.45, 2.75) is 0 Å². The molecular weight excluding hydrogens is 362 g/mol. The zero-order valence-corrected chi connectivity index (χ0v) is 15.8. The van der Waals surface area contributed by atoms with Crippen LogP contribution in [0.25, 0.3) is 16.9 Å². The summed E-state index contributed by atoms with van der Waals surface area (Å²) < 4.78 is 3.79. The summed E-state index contributed by atoms with van der Waals surface area (Å²) in [4.78, 5) is 9.07. The highest BCUT2D eigenvalue weighted by Gasteiger charge is 2.12.